The Morgan fingerprint density at radius 1 is 1.50 bits per heavy atom. The van der Waals surface area contributed by atoms with E-state index < -0.39 is 0 Å². The molecule has 0 bridgehead atoms. The molecule has 0 spiro atoms. The summed E-state index contributed by atoms with van der Waals surface area (Å²) < 4.78 is 5.17. The van der Waals surface area contributed by atoms with Crippen LogP contribution in [0.2, 0.25) is 0 Å². The summed E-state index contributed by atoms with van der Waals surface area (Å²) in [5, 5.41) is 6.72. The number of nitrogens with zero attached hydrogens (tertiary/aromatic N) is 3. The lowest BCUT2D eigenvalue weighted by atomic mass is 10.3. The van der Waals surface area contributed by atoms with Crippen LogP contribution >= 0.6 is 11.3 Å². The third-order valence-corrected chi connectivity index (χ3v) is 3.61. The van der Waals surface area contributed by atoms with Gasteiger partial charge in [-0.25, -0.2) is 4.98 Å². The molecule has 0 saturated heterocycles. The summed E-state index contributed by atoms with van der Waals surface area (Å²) in [6.45, 7) is 1.94. The molecule has 5 nitrogen and oxygen atoms in total. The summed E-state index contributed by atoms with van der Waals surface area (Å²) in [6, 6.07) is -0.366. The maximum Gasteiger partial charge on any atom is 0.229 e. The lowest BCUT2D eigenvalue weighted by molar-refractivity contribution is 0.372. The Morgan fingerprint density at radius 3 is 2.94 bits per heavy atom. The van der Waals surface area contributed by atoms with Crippen LogP contribution in [0.4, 0.5) is 0 Å². The first-order chi connectivity index (χ1) is 7.74. The van der Waals surface area contributed by atoms with Crippen molar-refractivity contribution in [2.45, 2.75) is 31.7 Å². The van der Waals surface area contributed by atoms with Gasteiger partial charge in [-0.2, -0.15) is 4.98 Å². The van der Waals surface area contributed by atoms with E-state index in [0.717, 1.165) is 29.4 Å². The van der Waals surface area contributed by atoms with Crippen molar-refractivity contribution in [1.82, 2.24) is 15.1 Å². The van der Waals surface area contributed by atoms with Gasteiger partial charge in [-0.1, -0.05) is 5.16 Å². The van der Waals surface area contributed by atoms with E-state index in [2.05, 4.69) is 15.1 Å². The maximum atomic E-state index is 6.03. The Labute approximate surface area is 96.7 Å². The summed E-state index contributed by atoms with van der Waals surface area (Å²) in [6.07, 6.45) is 2.29. The van der Waals surface area contributed by atoms with Gasteiger partial charge in [-0.15, -0.1) is 11.3 Å². The highest BCUT2D eigenvalue weighted by molar-refractivity contribution is 7.09. The van der Waals surface area contributed by atoms with Crippen molar-refractivity contribution in [3.63, 3.8) is 0 Å². The number of hydrogen-bond donors (Lipinski definition) is 1. The predicted molar refractivity (Wildman–Crippen MR) is 59.2 cm³/mol. The fourth-order valence-corrected chi connectivity index (χ4v) is 2.29. The molecule has 0 radical (unpaired) electrons. The highest BCUT2D eigenvalue weighted by atomic mass is 32.1. The van der Waals surface area contributed by atoms with Crippen LogP contribution < -0.4 is 5.73 Å². The monoisotopic (exact) mass is 236 g/mol. The Hall–Kier alpha value is -1.27. The third-order valence-electron chi connectivity index (χ3n) is 2.57. The van der Waals surface area contributed by atoms with E-state index in [4.69, 9.17) is 10.3 Å². The largest absolute Gasteiger partial charge is 0.339 e. The van der Waals surface area contributed by atoms with E-state index in [9.17, 15) is 0 Å². The van der Waals surface area contributed by atoms with Gasteiger partial charge in [0.25, 0.3) is 0 Å². The van der Waals surface area contributed by atoms with Crippen LogP contribution in [0.25, 0.3) is 0 Å². The van der Waals surface area contributed by atoms with Crippen LogP contribution in [0.3, 0.4) is 0 Å². The number of aryl methyl sites for hydroxylation is 1. The molecule has 6 heteroatoms. The second-order valence-electron chi connectivity index (χ2n) is 4.07. The molecule has 2 aromatic rings. The van der Waals surface area contributed by atoms with Gasteiger partial charge in [0.1, 0.15) is 11.0 Å². The van der Waals surface area contributed by atoms with Crippen LogP contribution in [0.15, 0.2) is 9.90 Å². The summed E-state index contributed by atoms with van der Waals surface area (Å²) in [5.74, 6) is 1.72. The first-order valence-electron chi connectivity index (χ1n) is 5.25. The van der Waals surface area contributed by atoms with E-state index in [1.165, 1.54) is 11.3 Å². The summed E-state index contributed by atoms with van der Waals surface area (Å²) in [4.78, 5) is 8.65. The van der Waals surface area contributed by atoms with Crippen LogP contribution in [0.5, 0.6) is 0 Å². The summed E-state index contributed by atoms with van der Waals surface area (Å²) in [7, 11) is 0. The first-order valence-corrected chi connectivity index (χ1v) is 6.13. The van der Waals surface area contributed by atoms with Gasteiger partial charge in [0.05, 0.1) is 0 Å². The van der Waals surface area contributed by atoms with Crippen molar-refractivity contribution >= 4 is 11.3 Å². The molecule has 3 rings (SSSR count). The number of nitrogens with two attached hydrogens (primary N) is 1. The molecule has 1 saturated carbocycles. The predicted octanol–water partition coefficient (Wildman–Crippen LogP) is 1.76. The molecule has 0 aliphatic heterocycles. The molecule has 16 heavy (non-hydrogen) atoms. The van der Waals surface area contributed by atoms with Gasteiger partial charge < -0.3 is 10.3 Å². The lowest BCUT2D eigenvalue weighted by Crippen LogP contribution is -2.13. The van der Waals surface area contributed by atoms with Crippen molar-refractivity contribution in [2.24, 2.45) is 5.73 Å². The van der Waals surface area contributed by atoms with Gasteiger partial charge in [-0.3, -0.25) is 0 Å². The zero-order valence-corrected chi connectivity index (χ0v) is 9.70. The second-order valence-corrected chi connectivity index (χ2v) is 4.96. The average molecular weight is 236 g/mol. The minimum Gasteiger partial charge on any atom is -0.339 e. The maximum absolute atomic E-state index is 6.03. The van der Waals surface area contributed by atoms with Gasteiger partial charge >= 0.3 is 0 Å². The van der Waals surface area contributed by atoms with E-state index in [0.29, 0.717) is 11.7 Å². The number of aromatic nitrogens is 3. The molecule has 1 atom stereocenters. The topological polar surface area (TPSA) is 77.8 Å². The zero-order valence-electron chi connectivity index (χ0n) is 8.88. The average Bonchev–Trinajstić information content (AvgIpc) is 2.86. The number of rotatable bonds is 3. The Balaban J connectivity index is 1.84. The van der Waals surface area contributed by atoms with Crippen molar-refractivity contribution in [1.29, 1.82) is 0 Å². The Bertz CT molecular complexity index is 502. The van der Waals surface area contributed by atoms with Crippen LogP contribution in [0.1, 0.15) is 47.2 Å². The molecule has 2 aromatic heterocycles. The smallest absolute Gasteiger partial charge is 0.229 e. The molecule has 1 unspecified atom stereocenters. The molecular weight excluding hydrogens is 224 g/mol. The van der Waals surface area contributed by atoms with E-state index in [1.807, 2.05) is 12.3 Å². The molecule has 0 amide bonds. The second kappa shape index (κ2) is 3.64. The van der Waals surface area contributed by atoms with Gasteiger partial charge in [0.2, 0.25) is 5.89 Å². The first kappa shape index (κ1) is 9.92. The number of thiazole rings is 1. The van der Waals surface area contributed by atoms with Crippen molar-refractivity contribution in [2.75, 3.05) is 0 Å². The van der Waals surface area contributed by atoms with E-state index in [-0.39, 0.29) is 6.04 Å². The van der Waals surface area contributed by atoms with Gasteiger partial charge in [0.15, 0.2) is 5.82 Å². The molecule has 1 fully saturated rings. The van der Waals surface area contributed by atoms with Crippen LogP contribution in [-0.2, 0) is 0 Å². The quantitative estimate of drug-likeness (QED) is 0.878. The molecule has 2 N–H and O–H groups in total. The Morgan fingerprint density at radius 2 is 2.31 bits per heavy atom. The molecular formula is C10H12N4OS. The molecule has 2 heterocycles. The molecule has 1 aliphatic carbocycles. The fourth-order valence-electron chi connectivity index (χ4n) is 1.50. The Kier molecular flexibility index (Phi) is 2.26. The highest BCUT2D eigenvalue weighted by Gasteiger charge is 2.30. The fraction of sp³-hybridized carbons (Fsp3) is 0.500. The minimum atomic E-state index is -0.366. The van der Waals surface area contributed by atoms with Crippen molar-refractivity contribution < 1.29 is 4.52 Å². The third kappa shape index (κ3) is 1.74. The zero-order chi connectivity index (χ0) is 11.1. The normalized spacial score (nSPS) is 17.6. The molecule has 1 aliphatic rings. The standard InChI is InChI=1S/C10H12N4OS/c1-5-4-16-10(12-5)7(11)8-13-9(15-14-8)6-2-3-6/h4,6-7H,2-3,11H2,1H3. The van der Waals surface area contributed by atoms with E-state index >= 15 is 0 Å². The minimum absolute atomic E-state index is 0.366. The highest BCUT2D eigenvalue weighted by Crippen LogP contribution is 2.39. The number of hydrogen-bond acceptors (Lipinski definition) is 6. The van der Waals surface area contributed by atoms with Gasteiger partial charge in [0, 0.05) is 17.0 Å². The van der Waals surface area contributed by atoms with Crippen molar-refractivity contribution in [3.8, 4) is 0 Å². The van der Waals surface area contributed by atoms with Gasteiger partial charge in [-0.05, 0) is 19.8 Å². The van der Waals surface area contributed by atoms with Crippen LogP contribution in [-0.4, -0.2) is 15.1 Å². The summed E-state index contributed by atoms with van der Waals surface area (Å²) in [5.41, 5.74) is 7.00. The SMILES string of the molecule is Cc1csc(C(N)c2noc(C3CC3)n2)n1. The van der Waals surface area contributed by atoms with E-state index in [1.54, 1.807) is 0 Å². The summed E-state index contributed by atoms with van der Waals surface area (Å²) >= 11 is 1.53. The van der Waals surface area contributed by atoms with Crippen molar-refractivity contribution in [3.05, 3.63) is 27.8 Å². The molecule has 84 valence electrons. The molecule has 0 aromatic carbocycles. The lowest BCUT2D eigenvalue weighted by Gasteiger charge is -2.00. The van der Waals surface area contributed by atoms with Crippen LogP contribution in [0, 0.1) is 6.92 Å².